The van der Waals surface area contributed by atoms with Gasteiger partial charge in [-0.05, 0) is 92.7 Å². The highest BCUT2D eigenvalue weighted by molar-refractivity contribution is 5.27. The molecule has 4 saturated carbocycles. The first-order valence-corrected chi connectivity index (χ1v) is 11.0. The average molecular weight is 386 g/mol. The zero-order chi connectivity index (χ0) is 19.6. The van der Waals surface area contributed by atoms with E-state index in [-0.39, 0.29) is 13.2 Å². The highest BCUT2D eigenvalue weighted by atomic mass is 16.5. The van der Waals surface area contributed by atoms with Gasteiger partial charge in [0.2, 0.25) is 0 Å². The third kappa shape index (κ3) is 4.45. The Kier molecular flexibility index (Phi) is 6.10. The Hall–Kier alpha value is -1.36. The number of benzene rings is 1. The van der Waals surface area contributed by atoms with Crippen LogP contribution < -0.4 is 10.5 Å². The number of rotatable bonds is 9. The van der Waals surface area contributed by atoms with E-state index in [0.717, 1.165) is 54.4 Å². The summed E-state index contributed by atoms with van der Waals surface area (Å²) in [5.74, 6) is 4.70. The van der Waals surface area contributed by atoms with Gasteiger partial charge in [-0.1, -0.05) is 23.8 Å². The predicted molar refractivity (Wildman–Crippen MR) is 111 cm³/mol. The molecular weight excluding hydrogens is 350 g/mol. The predicted octanol–water partition coefficient (Wildman–Crippen LogP) is 3.45. The lowest BCUT2D eigenvalue weighted by Crippen LogP contribution is -2.47. The quantitative estimate of drug-likeness (QED) is 0.449. The molecule has 4 nitrogen and oxygen atoms in total. The molecule has 28 heavy (non-hydrogen) atoms. The van der Waals surface area contributed by atoms with Crippen LogP contribution in [0.4, 0.5) is 0 Å². The van der Waals surface area contributed by atoms with Gasteiger partial charge in [0.15, 0.2) is 0 Å². The van der Waals surface area contributed by atoms with Gasteiger partial charge in [0.1, 0.15) is 5.75 Å². The van der Waals surface area contributed by atoms with Crippen molar-refractivity contribution in [3.8, 4) is 5.75 Å². The smallest absolute Gasteiger partial charge is 0.119 e. The maximum absolute atomic E-state index is 9.28. The molecule has 4 aliphatic carbocycles. The fraction of sp³-hybridized carbons (Fsp3) is 0.667. The molecule has 0 unspecified atom stereocenters. The third-order valence-electron chi connectivity index (χ3n) is 7.31. The molecule has 4 heteroatoms. The summed E-state index contributed by atoms with van der Waals surface area (Å²) in [5.41, 5.74) is 7.92. The van der Waals surface area contributed by atoms with E-state index in [1.54, 1.807) is 5.57 Å². The van der Waals surface area contributed by atoms with Crippen LogP contribution in [-0.4, -0.2) is 35.6 Å². The lowest BCUT2D eigenvalue weighted by Gasteiger charge is -2.51. The third-order valence-corrected chi connectivity index (χ3v) is 7.31. The number of allylic oxidation sites excluding steroid dienone is 1. The van der Waals surface area contributed by atoms with Gasteiger partial charge in [0.05, 0.1) is 25.4 Å². The van der Waals surface area contributed by atoms with E-state index in [4.69, 9.17) is 10.5 Å². The van der Waals surface area contributed by atoms with Gasteiger partial charge in [-0.2, -0.15) is 0 Å². The van der Waals surface area contributed by atoms with Crippen molar-refractivity contribution in [2.24, 2.45) is 29.4 Å². The van der Waals surface area contributed by atoms with Crippen molar-refractivity contribution in [2.45, 2.75) is 56.9 Å². The number of hydrogen-bond acceptors (Lipinski definition) is 4. The van der Waals surface area contributed by atoms with Crippen molar-refractivity contribution in [1.29, 1.82) is 0 Å². The van der Waals surface area contributed by atoms with Gasteiger partial charge in [-0.3, -0.25) is 0 Å². The minimum atomic E-state index is -0.902. The molecule has 0 aliphatic heterocycles. The summed E-state index contributed by atoms with van der Waals surface area (Å²) in [6.07, 6.45) is 12.1. The van der Waals surface area contributed by atoms with Crippen molar-refractivity contribution in [3.63, 3.8) is 0 Å². The Morgan fingerprint density at radius 3 is 2.14 bits per heavy atom. The van der Waals surface area contributed by atoms with Crippen molar-refractivity contribution in [1.82, 2.24) is 0 Å². The van der Waals surface area contributed by atoms with Crippen LogP contribution in [0.2, 0.25) is 0 Å². The molecule has 0 spiro atoms. The zero-order valence-electron chi connectivity index (χ0n) is 16.9. The molecule has 0 saturated heterocycles. The second-order valence-electron chi connectivity index (χ2n) is 9.47. The molecule has 0 amide bonds. The van der Waals surface area contributed by atoms with E-state index < -0.39 is 5.54 Å². The van der Waals surface area contributed by atoms with Crippen molar-refractivity contribution in [2.75, 3.05) is 19.8 Å². The first kappa shape index (κ1) is 19.9. The number of aliphatic hydroxyl groups excluding tert-OH is 2. The second-order valence-corrected chi connectivity index (χ2v) is 9.47. The highest BCUT2D eigenvalue weighted by Crippen LogP contribution is 2.56. The van der Waals surface area contributed by atoms with Crippen molar-refractivity contribution in [3.05, 3.63) is 41.5 Å². The van der Waals surface area contributed by atoms with Crippen LogP contribution in [0.15, 0.2) is 35.9 Å². The molecule has 1 aromatic carbocycles. The number of hydrogen-bond donors (Lipinski definition) is 3. The van der Waals surface area contributed by atoms with E-state index in [9.17, 15) is 10.2 Å². The maximum Gasteiger partial charge on any atom is 0.119 e. The monoisotopic (exact) mass is 385 g/mol. The highest BCUT2D eigenvalue weighted by Gasteiger charge is 2.44. The zero-order valence-corrected chi connectivity index (χ0v) is 16.9. The minimum Gasteiger partial charge on any atom is -0.493 e. The normalized spacial score (nSPS) is 28.6. The van der Waals surface area contributed by atoms with E-state index in [0.29, 0.717) is 6.42 Å². The molecule has 4 aliphatic rings. The average Bonchev–Trinajstić information content (AvgIpc) is 2.71. The maximum atomic E-state index is 9.28. The molecule has 4 N–H and O–H groups in total. The summed E-state index contributed by atoms with van der Waals surface area (Å²) in [6.45, 7) is 0.322. The summed E-state index contributed by atoms with van der Waals surface area (Å²) in [4.78, 5) is 0. The lowest BCUT2D eigenvalue weighted by atomic mass is 9.54. The molecule has 0 radical (unpaired) electrons. The van der Waals surface area contributed by atoms with Gasteiger partial charge in [0, 0.05) is 0 Å². The van der Waals surface area contributed by atoms with Crippen molar-refractivity contribution < 1.29 is 14.9 Å². The largest absolute Gasteiger partial charge is 0.493 e. The van der Waals surface area contributed by atoms with Gasteiger partial charge < -0.3 is 20.7 Å². The molecule has 1 aromatic rings. The Morgan fingerprint density at radius 2 is 1.57 bits per heavy atom. The first-order chi connectivity index (χ1) is 13.6. The van der Waals surface area contributed by atoms with Crippen LogP contribution in [0.1, 0.15) is 50.5 Å². The van der Waals surface area contributed by atoms with Crippen LogP contribution in [0.5, 0.6) is 5.75 Å². The van der Waals surface area contributed by atoms with Crippen LogP contribution in [0.25, 0.3) is 0 Å². The number of nitrogens with two attached hydrogens (primary N) is 1. The van der Waals surface area contributed by atoms with Crippen LogP contribution >= 0.6 is 0 Å². The summed E-state index contributed by atoms with van der Waals surface area (Å²) in [7, 11) is 0. The summed E-state index contributed by atoms with van der Waals surface area (Å²) in [6, 6.07) is 8.09. The van der Waals surface area contributed by atoms with Crippen LogP contribution in [0.3, 0.4) is 0 Å². The summed E-state index contributed by atoms with van der Waals surface area (Å²) in [5, 5.41) is 18.6. The topological polar surface area (TPSA) is 75.7 Å². The number of ether oxygens (including phenoxy) is 1. The standard InChI is InChI=1S/C24H35NO3/c25-24(15-26,16-27)8-7-17-3-5-22(6-4-17)28-9-1-2-23-20-11-18-10-19(13-20)14-21(23)12-18/h2-6,18-21,26-27H,1,7-16,25H2. The fourth-order valence-corrected chi connectivity index (χ4v) is 5.82. The van der Waals surface area contributed by atoms with Crippen LogP contribution in [-0.2, 0) is 6.42 Å². The SMILES string of the molecule is NC(CO)(CO)CCc1ccc(OCCC=C2C3CC4CC(C3)CC2C4)cc1. The van der Waals surface area contributed by atoms with E-state index in [1.165, 1.54) is 32.1 Å². The van der Waals surface area contributed by atoms with Gasteiger partial charge in [-0.15, -0.1) is 0 Å². The van der Waals surface area contributed by atoms with E-state index in [2.05, 4.69) is 6.08 Å². The van der Waals surface area contributed by atoms with E-state index in [1.807, 2.05) is 24.3 Å². The Balaban J connectivity index is 1.22. The van der Waals surface area contributed by atoms with E-state index >= 15 is 0 Å². The lowest BCUT2D eigenvalue weighted by molar-refractivity contribution is 0.0691. The molecule has 4 bridgehead atoms. The molecule has 0 heterocycles. The number of aliphatic hydroxyl groups is 2. The molecule has 154 valence electrons. The second kappa shape index (κ2) is 8.56. The summed E-state index contributed by atoms with van der Waals surface area (Å²) >= 11 is 0. The van der Waals surface area contributed by atoms with Gasteiger partial charge in [-0.25, -0.2) is 0 Å². The summed E-state index contributed by atoms with van der Waals surface area (Å²) < 4.78 is 5.94. The molecule has 0 aromatic heterocycles. The van der Waals surface area contributed by atoms with Crippen LogP contribution in [0, 0.1) is 23.7 Å². The Labute approximate surface area is 168 Å². The molecule has 4 fully saturated rings. The molecule has 0 atom stereocenters. The molecular formula is C24H35NO3. The molecule has 5 rings (SSSR count). The fourth-order valence-electron chi connectivity index (χ4n) is 5.82. The Morgan fingerprint density at radius 1 is 0.964 bits per heavy atom. The van der Waals surface area contributed by atoms with Gasteiger partial charge in [0.25, 0.3) is 0 Å². The number of aryl methyl sites for hydroxylation is 1. The Bertz CT molecular complexity index is 648. The van der Waals surface area contributed by atoms with Crippen molar-refractivity contribution >= 4 is 0 Å². The van der Waals surface area contributed by atoms with Gasteiger partial charge >= 0.3 is 0 Å². The minimum absolute atomic E-state index is 0.205. The first-order valence-electron chi connectivity index (χ1n) is 11.0.